The molecule has 0 aromatic carbocycles. The van der Waals surface area contributed by atoms with Gasteiger partial charge in [-0.3, -0.25) is 4.57 Å². The molecule has 12 heavy (non-hydrogen) atoms. The number of aliphatic hydroxyl groups excluding tert-OH is 1. The molecule has 0 saturated heterocycles. The summed E-state index contributed by atoms with van der Waals surface area (Å²) in [5.41, 5.74) is 0. The Bertz CT molecular complexity index is 127. The summed E-state index contributed by atoms with van der Waals surface area (Å²) in [5.74, 6) is 0. The van der Waals surface area contributed by atoms with Crippen LogP contribution in [0.1, 0.15) is 19.3 Å². The van der Waals surface area contributed by atoms with Gasteiger partial charge in [0.05, 0.1) is 0 Å². The Labute approximate surface area is 117 Å². The number of aliphatic hydroxyl groups is 1. The van der Waals surface area contributed by atoms with Crippen LogP contribution in [0.5, 0.6) is 0 Å². The van der Waals surface area contributed by atoms with Gasteiger partial charge in [0.2, 0.25) is 0 Å². The summed E-state index contributed by atoms with van der Waals surface area (Å²) in [7, 11) is -3.79. The Kier molecular flexibility index (Phi) is 18.3. The fourth-order valence-electron chi connectivity index (χ4n) is 0.606. The second kappa shape index (κ2) is 11.2. The number of hydrogen-bond donors (Lipinski definition) is 3. The summed E-state index contributed by atoms with van der Waals surface area (Å²) in [4.78, 5) is 16.7. The third-order valence-electron chi connectivity index (χ3n) is 1.11. The van der Waals surface area contributed by atoms with Gasteiger partial charge in [-0.05, 0) is 12.8 Å². The summed E-state index contributed by atoms with van der Waals surface area (Å²) >= 11 is 0. The van der Waals surface area contributed by atoms with Crippen molar-refractivity contribution in [2.24, 2.45) is 0 Å². The Balaban J connectivity index is -0.000000405. The summed E-state index contributed by atoms with van der Waals surface area (Å²) in [6.07, 6.45) is 1.74. The van der Waals surface area contributed by atoms with E-state index in [2.05, 4.69) is 0 Å². The first-order chi connectivity index (χ1) is 4.56. The fourth-order valence-corrected chi connectivity index (χ4v) is 1.24. The number of unbranched alkanes of at least 4 members (excludes halogenated alkanes) is 2. The van der Waals surface area contributed by atoms with Gasteiger partial charge in [-0.1, -0.05) is 6.42 Å². The monoisotopic (exact) mass is 216 g/mol. The van der Waals surface area contributed by atoms with E-state index in [4.69, 9.17) is 14.9 Å². The standard InChI is InChI=1S/C5H13O4P.2Na.2H/c6-4-2-1-3-5-10(7,8)9;;;;/h6H,1-5H2,(H2,7,8,9);;;;. The molecule has 0 atom stereocenters. The maximum absolute atomic E-state index is 10.2. The molecule has 0 rings (SSSR count). The molecule has 0 aliphatic heterocycles. The van der Waals surface area contributed by atoms with Gasteiger partial charge < -0.3 is 14.9 Å². The van der Waals surface area contributed by atoms with E-state index in [1.165, 1.54) is 0 Å². The van der Waals surface area contributed by atoms with E-state index >= 15 is 0 Å². The van der Waals surface area contributed by atoms with Gasteiger partial charge >= 0.3 is 66.7 Å². The number of rotatable bonds is 5. The van der Waals surface area contributed by atoms with Gasteiger partial charge in [0, 0.05) is 12.8 Å². The third-order valence-corrected chi connectivity index (χ3v) is 2.01. The van der Waals surface area contributed by atoms with E-state index in [9.17, 15) is 4.57 Å². The first kappa shape index (κ1) is 19.6. The normalized spacial score (nSPS) is 9.92. The van der Waals surface area contributed by atoms with Crippen LogP contribution in [0.3, 0.4) is 0 Å². The van der Waals surface area contributed by atoms with Crippen molar-refractivity contribution in [3.8, 4) is 0 Å². The first-order valence-electron chi connectivity index (χ1n) is 3.22. The van der Waals surface area contributed by atoms with Crippen molar-refractivity contribution in [3.05, 3.63) is 0 Å². The molecule has 7 heteroatoms. The Hall–Kier alpha value is 2.11. The van der Waals surface area contributed by atoms with Crippen LogP contribution in [0.15, 0.2) is 0 Å². The van der Waals surface area contributed by atoms with Crippen LogP contribution in [0.25, 0.3) is 0 Å². The zero-order chi connectivity index (χ0) is 8.04. The topological polar surface area (TPSA) is 77.8 Å². The molecule has 0 aromatic heterocycles. The van der Waals surface area contributed by atoms with E-state index in [0.29, 0.717) is 19.3 Å². The molecule has 4 nitrogen and oxygen atoms in total. The van der Waals surface area contributed by atoms with E-state index in [1.54, 1.807) is 0 Å². The second-order valence-corrected chi connectivity index (χ2v) is 3.95. The molecule has 0 unspecified atom stereocenters. The first-order valence-corrected chi connectivity index (χ1v) is 5.01. The summed E-state index contributed by atoms with van der Waals surface area (Å²) < 4.78 is 10.2. The molecule has 0 saturated carbocycles. The molecule has 0 heterocycles. The molecule has 0 radical (unpaired) electrons. The van der Waals surface area contributed by atoms with Crippen molar-refractivity contribution < 1.29 is 19.5 Å². The molecule has 0 amide bonds. The molecule has 0 bridgehead atoms. The fraction of sp³-hybridized carbons (Fsp3) is 1.00. The van der Waals surface area contributed by atoms with Crippen LogP contribution in [0, 0.1) is 0 Å². The quantitative estimate of drug-likeness (QED) is 0.314. The van der Waals surface area contributed by atoms with Crippen molar-refractivity contribution in [1.82, 2.24) is 0 Å². The second-order valence-electron chi connectivity index (χ2n) is 2.17. The van der Waals surface area contributed by atoms with Crippen molar-refractivity contribution >= 4 is 66.7 Å². The molecule has 0 spiro atoms. The van der Waals surface area contributed by atoms with Crippen LogP contribution in [-0.2, 0) is 4.57 Å². The van der Waals surface area contributed by atoms with Crippen LogP contribution >= 0.6 is 7.60 Å². The summed E-state index contributed by atoms with van der Waals surface area (Å²) in [6, 6.07) is 0. The van der Waals surface area contributed by atoms with Crippen molar-refractivity contribution in [2.75, 3.05) is 12.8 Å². The van der Waals surface area contributed by atoms with E-state index in [1.807, 2.05) is 0 Å². The molecular formula is C5H15Na2O4P. The predicted molar refractivity (Wildman–Crippen MR) is 52.1 cm³/mol. The van der Waals surface area contributed by atoms with Crippen LogP contribution < -0.4 is 0 Å². The van der Waals surface area contributed by atoms with Crippen molar-refractivity contribution in [1.29, 1.82) is 0 Å². The van der Waals surface area contributed by atoms with Gasteiger partial charge in [-0.25, -0.2) is 0 Å². The summed E-state index contributed by atoms with van der Waals surface area (Å²) in [6.45, 7) is 0.0984. The van der Waals surface area contributed by atoms with Gasteiger partial charge in [0.1, 0.15) is 0 Å². The van der Waals surface area contributed by atoms with Crippen LogP contribution in [0.2, 0.25) is 0 Å². The van der Waals surface area contributed by atoms with Gasteiger partial charge in [-0.2, -0.15) is 0 Å². The van der Waals surface area contributed by atoms with Crippen molar-refractivity contribution in [2.45, 2.75) is 19.3 Å². The van der Waals surface area contributed by atoms with Gasteiger partial charge in [0.15, 0.2) is 0 Å². The molecule has 66 valence electrons. The van der Waals surface area contributed by atoms with Gasteiger partial charge in [-0.15, -0.1) is 0 Å². The van der Waals surface area contributed by atoms with Gasteiger partial charge in [0.25, 0.3) is 0 Å². The molecule has 0 fully saturated rings. The molecule has 0 aliphatic carbocycles. The molecule has 0 aromatic rings. The molecule has 3 N–H and O–H groups in total. The minimum absolute atomic E-state index is 0. The predicted octanol–water partition coefficient (Wildman–Crippen LogP) is -0.970. The zero-order valence-corrected chi connectivity index (χ0v) is 6.63. The zero-order valence-electron chi connectivity index (χ0n) is 5.73. The maximum atomic E-state index is 10.2. The number of hydrogen-bond acceptors (Lipinski definition) is 2. The Morgan fingerprint density at radius 1 is 1.00 bits per heavy atom. The molecule has 0 aliphatic rings. The molecular weight excluding hydrogens is 201 g/mol. The van der Waals surface area contributed by atoms with Crippen LogP contribution in [0.4, 0.5) is 0 Å². The average molecular weight is 216 g/mol. The van der Waals surface area contributed by atoms with E-state index in [-0.39, 0.29) is 71.9 Å². The average Bonchev–Trinajstić information content (AvgIpc) is 1.78. The van der Waals surface area contributed by atoms with Crippen LogP contribution in [-0.4, -0.2) is 86.8 Å². The third kappa shape index (κ3) is 18.0. The Morgan fingerprint density at radius 2 is 1.50 bits per heavy atom. The van der Waals surface area contributed by atoms with E-state index < -0.39 is 7.60 Å². The van der Waals surface area contributed by atoms with Crippen molar-refractivity contribution in [3.63, 3.8) is 0 Å². The minimum atomic E-state index is -3.79. The Morgan fingerprint density at radius 3 is 1.83 bits per heavy atom. The SMILES string of the molecule is O=P(O)(O)CCCCCO.[NaH].[NaH]. The van der Waals surface area contributed by atoms with E-state index in [0.717, 1.165) is 0 Å². The summed E-state index contributed by atoms with van der Waals surface area (Å²) in [5, 5.41) is 8.30.